The molecule has 0 aliphatic rings. The van der Waals surface area contributed by atoms with Crippen LogP contribution in [-0.4, -0.2) is 13.7 Å². The van der Waals surface area contributed by atoms with Gasteiger partial charge in [0.25, 0.3) is 0 Å². The Morgan fingerprint density at radius 2 is 2.16 bits per heavy atom. The number of nitrogens with one attached hydrogen (secondary N) is 1. The third kappa shape index (κ3) is 3.79. The molecule has 3 nitrogen and oxygen atoms in total. The first-order chi connectivity index (χ1) is 9.19. The van der Waals surface area contributed by atoms with Gasteiger partial charge < -0.3 is 14.5 Å². The van der Waals surface area contributed by atoms with E-state index >= 15 is 0 Å². The van der Waals surface area contributed by atoms with Crippen LogP contribution in [0.2, 0.25) is 0 Å². The summed E-state index contributed by atoms with van der Waals surface area (Å²) in [7, 11) is 1.82. The van der Waals surface area contributed by atoms with E-state index in [2.05, 4.69) is 10.1 Å². The van der Waals surface area contributed by atoms with Crippen molar-refractivity contribution in [3.63, 3.8) is 0 Å². The lowest BCUT2D eigenvalue weighted by Gasteiger charge is -2.16. The van der Waals surface area contributed by atoms with Gasteiger partial charge in [-0.1, -0.05) is 12.1 Å². The quantitative estimate of drug-likeness (QED) is 0.871. The number of ether oxygens (including phenoxy) is 1. The fraction of sp³-hybridized carbons (Fsp3) is 0.286. The summed E-state index contributed by atoms with van der Waals surface area (Å²) in [6.45, 7) is -2.81. The number of rotatable bonds is 6. The smallest absolute Gasteiger partial charge is 0.387 e. The molecule has 0 amide bonds. The Labute approximate surface area is 110 Å². The van der Waals surface area contributed by atoms with E-state index in [0.717, 1.165) is 11.1 Å². The summed E-state index contributed by atoms with van der Waals surface area (Å²) in [6.07, 6.45) is 3.99. The van der Waals surface area contributed by atoms with Crippen LogP contribution in [0.4, 0.5) is 8.78 Å². The minimum absolute atomic E-state index is 0.0128. The van der Waals surface area contributed by atoms with Crippen molar-refractivity contribution in [1.29, 1.82) is 0 Å². The normalized spacial score (nSPS) is 12.6. The lowest BCUT2D eigenvalue weighted by molar-refractivity contribution is -0.0499. The van der Waals surface area contributed by atoms with Gasteiger partial charge in [0.2, 0.25) is 0 Å². The number of furan rings is 1. The molecule has 1 N–H and O–H groups in total. The number of alkyl halides is 2. The van der Waals surface area contributed by atoms with Crippen molar-refractivity contribution < 1.29 is 17.9 Å². The van der Waals surface area contributed by atoms with Crippen molar-refractivity contribution in [2.75, 3.05) is 7.05 Å². The molecule has 1 atom stereocenters. The topological polar surface area (TPSA) is 34.4 Å². The molecule has 1 unspecified atom stereocenters. The van der Waals surface area contributed by atoms with Gasteiger partial charge in [-0.15, -0.1) is 0 Å². The van der Waals surface area contributed by atoms with Gasteiger partial charge >= 0.3 is 6.61 Å². The van der Waals surface area contributed by atoms with Gasteiger partial charge in [0.05, 0.1) is 12.5 Å². The molecule has 1 aromatic carbocycles. The first-order valence-corrected chi connectivity index (χ1v) is 5.92. The van der Waals surface area contributed by atoms with Crippen molar-refractivity contribution >= 4 is 0 Å². The van der Waals surface area contributed by atoms with Crippen molar-refractivity contribution in [2.24, 2.45) is 0 Å². The molecule has 0 saturated carbocycles. The van der Waals surface area contributed by atoms with E-state index in [-0.39, 0.29) is 11.8 Å². The van der Waals surface area contributed by atoms with Gasteiger partial charge in [0, 0.05) is 6.04 Å². The van der Waals surface area contributed by atoms with E-state index in [1.807, 2.05) is 19.2 Å². The zero-order chi connectivity index (χ0) is 13.7. The maximum absolute atomic E-state index is 12.2. The van der Waals surface area contributed by atoms with Crippen LogP contribution in [-0.2, 0) is 6.42 Å². The number of hydrogen-bond donors (Lipinski definition) is 1. The van der Waals surface area contributed by atoms with Crippen molar-refractivity contribution in [1.82, 2.24) is 5.32 Å². The number of benzene rings is 1. The molecule has 1 heterocycles. The summed E-state index contributed by atoms with van der Waals surface area (Å²) in [4.78, 5) is 0. The summed E-state index contributed by atoms with van der Waals surface area (Å²) in [5.74, 6) is 0.167. The minimum Gasteiger partial charge on any atom is -0.472 e. The van der Waals surface area contributed by atoms with Gasteiger partial charge in [-0.05, 0) is 42.8 Å². The lowest BCUT2D eigenvalue weighted by atomic mass is 10.0. The maximum atomic E-state index is 12.2. The Balaban J connectivity index is 2.13. The second-order valence-corrected chi connectivity index (χ2v) is 4.13. The highest BCUT2D eigenvalue weighted by atomic mass is 19.3. The average Bonchev–Trinajstić information content (AvgIpc) is 2.88. The van der Waals surface area contributed by atoms with Gasteiger partial charge in [-0.25, -0.2) is 0 Å². The molecule has 0 aliphatic carbocycles. The van der Waals surface area contributed by atoms with E-state index in [9.17, 15) is 8.78 Å². The van der Waals surface area contributed by atoms with Crippen molar-refractivity contribution in [3.8, 4) is 5.75 Å². The standard InChI is InChI=1S/C14H15F2NO2/c1-17-13(7-10-5-6-18-9-10)11-3-2-4-12(8-11)19-14(15)16/h2-6,8-9,13-14,17H,7H2,1H3. The molecule has 1 aromatic heterocycles. The van der Waals surface area contributed by atoms with Crippen molar-refractivity contribution in [3.05, 3.63) is 54.0 Å². The summed E-state index contributed by atoms with van der Waals surface area (Å²) >= 11 is 0. The molecule has 5 heteroatoms. The average molecular weight is 267 g/mol. The SMILES string of the molecule is CNC(Cc1ccoc1)c1cccc(OC(F)F)c1. The molecular weight excluding hydrogens is 252 g/mol. The molecular formula is C14H15F2NO2. The minimum atomic E-state index is -2.81. The third-order valence-electron chi connectivity index (χ3n) is 2.85. The monoisotopic (exact) mass is 267 g/mol. The first kappa shape index (κ1) is 13.5. The van der Waals surface area contributed by atoms with Gasteiger partial charge in [-0.3, -0.25) is 0 Å². The van der Waals surface area contributed by atoms with E-state index < -0.39 is 6.61 Å². The Hall–Kier alpha value is -1.88. The van der Waals surface area contributed by atoms with Crippen LogP contribution < -0.4 is 10.1 Å². The number of hydrogen-bond acceptors (Lipinski definition) is 3. The van der Waals surface area contributed by atoms with Crippen LogP contribution in [0, 0.1) is 0 Å². The second-order valence-electron chi connectivity index (χ2n) is 4.13. The highest BCUT2D eigenvalue weighted by Crippen LogP contribution is 2.23. The molecule has 19 heavy (non-hydrogen) atoms. The van der Waals surface area contributed by atoms with Crippen LogP contribution in [0.5, 0.6) is 5.75 Å². The molecule has 2 aromatic rings. The highest BCUT2D eigenvalue weighted by molar-refractivity contribution is 5.31. The van der Waals surface area contributed by atoms with E-state index in [0.29, 0.717) is 6.42 Å². The van der Waals surface area contributed by atoms with Crippen LogP contribution in [0.15, 0.2) is 47.3 Å². The maximum Gasteiger partial charge on any atom is 0.387 e. The molecule has 0 radical (unpaired) electrons. The van der Waals surface area contributed by atoms with Gasteiger partial charge in [-0.2, -0.15) is 8.78 Å². The first-order valence-electron chi connectivity index (χ1n) is 5.92. The van der Waals surface area contributed by atoms with E-state index in [1.165, 1.54) is 6.07 Å². The van der Waals surface area contributed by atoms with Gasteiger partial charge in [0.15, 0.2) is 0 Å². The molecule has 0 fully saturated rings. The molecule has 0 spiro atoms. The Morgan fingerprint density at radius 1 is 1.32 bits per heavy atom. The number of likely N-dealkylation sites (N-methyl/N-ethyl adjacent to an activating group) is 1. The summed E-state index contributed by atoms with van der Waals surface area (Å²) < 4.78 is 33.8. The second kappa shape index (κ2) is 6.33. The Kier molecular flexibility index (Phi) is 4.52. The predicted molar refractivity (Wildman–Crippen MR) is 67.3 cm³/mol. The summed E-state index contributed by atoms with van der Waals surface area (Å²) in [6, 6.07) is 8.60. The summed E-state index contributed by atoms with van der Waals surface area (Å²) in [5, 5.41) is 3.15. The zero-order valence-corrected chi connectivity index (χ0v) is 10.5. The van der Waals surface area contributed by atoms with E-state index in [4.69, 9.17) is 4.42 Å². The zero-order valence-electron chi connectivity index (χ0n) is 10.5. The Bertz CT molecular complexity index is 500. The van der Waals surface area contributed by atoms with Crippen LogP contribution in [0.3, 0.4) is 0 Å². The van der Waals surface area contributed by atoms with Crippen molar-refractivity contribution in [2.45, 2.75) is 19.1 Å². The molecule has 0 aliphatic heterocycles. The highest BCUT2D eigenvalue weighted by Gasteiger charge is 2.13. The van der Waals surface area contributed by atoms with Gasteiger partial charge in [0.1, 0.15) is 5.75 Å². The van der Waals surface area contributed by atoms with Crippen LogP contribution in [0.25, 0.3) is 0 Å². The fourth-order valence-electron chi connectivity index (χ4n) is 1.94. The molecule has 0 bridgehead atoms. The lowest BCUT2D eigenvalue weighted by Crippen LogP contribution is -2.18. The Morgan fingerprint density at radius 3 is 2.79 bits per heavy atom. The summed E-state index contributed by atoms with van der Waals surface area (Å²) in [5.41, 5.74) is 1.93. The molecule has 102 valence electrons. The van der Waals surface area contributed by atoms with Crippen LogP contribution >= 0.6 is 0 Å². The fourth-order valence-corrected chi connectivity index (χ4v) is 1.94. The predicted octanol–water partition coefficient (Wildman–Crippen LogP) is 3.38. The van der Waals surface area contributed by atoms with Crippen LogP contribution in [0.1, 0.15) is 17.2 Å². The van der Waals surface area contributed by atoms with E-state index in [1.54, 1.807) is 24.7 Å². The molecule has 0 saturated heterocycles. The third-order valence-corrected chi connectivity index (χ3v) is 2.85. The molecule has 2 rings (SSSR count). The number of halogens is 2. The largest absolute Gasteiger partial charge is 0.472 e.